The summed E-state index contributed by atoms with van der Waals surface area (Å²) in [5.41, 5.74) is 6.63. The van der Waals surface area contributed by atoms with Crippen LogP contribution >= 0.6 is 11.6 Å². The van der Waals surface area contributed by atoms with Crippen LogP contribution in [0.15, 0.2) is 42.7 Å². The fraction of sp³-hybridized carbons (Fsp3) is 0.400. The van der Waals surface area contributed by atoms with Crippen LogP contribution < -0.4 is 14.5 Å². The van der Waals surface area contributed by atoms with Crippen molar-refractivity contribution in [3.8, 4) is 11.5 Å². The van der Waals surface area contributed by atoms with Gasteiger partial charge in [-0.2, -0.15) is 13.2 Å². The van der Waals surface area contributed by atoms with Gasteiger partial charge in [-0.05, 0) is 93.4 Å². The Kier molecular flexibility index (Phi) is 12.1. The van der Waals surface area contributed by atoms with Crippen LogP contribution in [0.25, 0.3) is 0 Å². The number of halogens is 6. The van der Waals surface area contributed by atoms with Gasteiger partial charge in [0, 0.05) is 79.5 Å². The lowest BCUT2D eigenvalue weighted by Gasteiger charge is -2.32. The molecular weight excluding hydrogens is 739 g/mol. The molecule has 8 rings (SSSR count). The van der Waals surface area contributed by atoms with Crippen molar-refractivity contribution in [3.05, 3.63) is 116 Å². The smallest absolute Gasteiger partial charge is 0.417 e. The van der Waals surface area contributed by atoms with Gasteiger partial charge < -0.3 is 14.5 Å². The molecule has 15 heteroatoms. The summed E-state index contributed by atoms with van der Waals surface area (Å²) in [5.74, 6) is 1.45. The van der Waals surface area contributed by atoms with Crippen LogP contribution in [0.1, 0.15) is 83.1 Å². The number of fused-ring (bicyclic) bond motifs is 3. The van der Waals surface area contributed by atoms with E-state index in [0.29, 0.717) is 37.4 Å². The van der Waals surface area contributed by atoms with Gasteiger partial charge in [0.2, 0.25) is 5.28 Å². The summed E-state index contributed by atoms with van der Waals surface area (Å²) in [5, 5.41) is 0.198. The molecule has 290 valence electrons. The average Bonchev–Trinajstić information content (AvgIpc) is 3.17. The van der Waals surface area contributed by atoms with Crippen LogP contribution in [-0.2, 0) is 44.9 Å². The Bertz CT molecular complexity index is 2180. The molecule has 0 atom stereocenters. The first kappa shape index (κ1) is 39.7. The first-order valence-corrected chi connectivity index (χ1v) is 18.7. The van der Waals surface area contributed by atoms with Crippen molar-refractivity contribution in [1.82, 2.24) is 29.9 Å². The van der Waals surface area contributed by atoms with Crippen LogP contribution in [0.2, 0.25) is 5.28 Å². The lowest BCUT2D eigenvalue weighted by Crippen LogP contribution is -2.33. The molecule has 4 aromatic heterocycles. The average molecular weight is 781 g/mol. The molecule has 0 saturated heterocycles. The minimum Gasteiger partial charge on any atom is -0.453 e. The maximum atomic E-state index is 13.9. The van der Waals surface area contributed by atoms with E-state index < -0.39 is 23.4 Å². The molecule has 0 bridgehead atoms. The Balaban J connectivity index is 0.000000180. The van der Waals surface area contributed by atoms with E-state index in [1.54, 1.807) is 6.20 Å². The largest absolute Gasteiger partial charge is 0.453 e. The molecule has 0 amide bonds. The highest BCUT2D eigenvalue weighted by Gasteiger charge is 2.33. The van der Waals surface area contributed by atoms with Crippen LogP contribution in [0.5, 0.6) is 11.5 Å². The maximum Gasteiger partial charge on any atom is 0.417 e. The highest BCUT2D eigenvalue weighted by Crippen LogP contribution is 2.35. The lowest BCUT2D eigenvalue weighted by molar-refractivity contribution is -0.137. The maximum absolute atomic E-state index is 13.9. The molecule has 0 radical (unpaired) electrons. The van der Waals surface area contributed by atoms with Gasteiger partial charge >= 0.3 is 6.18 Å². The van der Waals surface area contributed by atoms with E-state index in [4.69, 9.17) is 16.3 Å². The van der Waals surface area contributed by atoms with Crippen molar-refractivity contribution < 1.29 is 26.7 Å². The Labute approximate surface area is 322 Å². The van der Waals surface area contributed by atoms with Gasteiger partial charge in [0.05, 0.1) is 17.5 Å². The highest BCUT2D eigenvalue weighted by molar-refractivity contribution is 6.28. The molecule has 55 heavy (non-hydrogen) atoms. The summed E-state index contributed by atoms with van der Waals surface area (Å²) in [4.78, 5) is 30.4. The van der Waals surface area contributed by atoms with Gasteiger partial charge in [-0.25, -0.2) is 28.7 Å². The minimum absolute atomic E-state index is 0.160. The van der Waals surface area contributed by atoms with E-state index in [1.807, 2.05) is 45.6 Å². The number of rotatable bonds is 4. The quantitative estimate of drug-likeness (QED) is 0.131. The summed E-state index contributed by atoms with van der Waals surface area (Å²) >= 11 is 6.08. The number of hydrogen-bond acceptors (Lipinski definition) is 9. The number of benzene rings is 1. The molecule has 2 aliphatic heterocycles. The van der Waals surface area contributed by atoms with E-state index in [2.05, 4.69) is 34.8 Å². The van der Waals surface area contributed by atoms with Crippen LogP contribution in [0, 0.1) is 32.4 Å². The summed E-state index contributed by atoms with van der Waals surface area (Å²) in [6.07, 6.45) is 3.31. The number of alkyl halides is 3. The Morgan fingerprint density at radius 3 is 2.09 bits per heavy atom. The third-order valence-corrected chi connectivity index (χ3v) is 9.88. The summed E-state index contributed by atoms with van der Waals surface area (Å²) < 4.78 is 71.7. The molecular formula is C40H42ClF5N8O. The second kappa shape index (κ2) is 16.8. The number of pyridine rings is 2. The van der Waals surface area contributed by atoms with Crippen molar-refractivity contribution in [2.45, 2.75) is 92.4 Å². The van der Waals surface area contributed by atoms with E-state index in [9.17, 15) is 22.0 Å². The predicted octanol–water partition coefficient (Wildman–Crippen LogP) is 9.44. The summed E-state index contributed by atoms with van der Waals surface area (Å²) in [6, 6.07) is 6.15. The fourth-order valence-corrected chi connectivity index (χ4v) is 7.13. The zero-order valence-electron chi connectivity index (χ0n) is 31.4. The number of aryl methyl sites for hydroxylation is 3. The van der Waals surface area contributed by atoms with Crippen LogP contribution in [-0.4, -0.2) is 43.0 Å². The molecule has 0 spiro atoms. The Hall–Kier alpha value is -4.98. The number of nitrogens with zero attached hydrogens (tertiary/aromatic N) is 8. The van der Waals surface area contributed by atoms with E-state index >= 15 is 0 Å². The lowest BCUT2D eigenvalue weighted by atomic mass is 9.95. The van der Waals surface area contributed by atoms with Crippen LogP contribution in [0.3, 0.4) is 0 Å². The molecule has 5 aromatic rings. The second-order valence-corrected chi connectivity index (χ2v) is 13.7. The molecule has 1 aromatic carbocycles. The third kappa shape index (κ3) is 9.12. The molecule has 0 fully saturated rings. The first-order valence-electron chi connectivity index (χ1n) is 18.3. The molecule has 0 unspecified atom stereocenters. The summed E-state index contributed by atoms with van der Waals surface area (Å²) in [7, 11) is 0. The topological polar surface area (TPSA) is 93.0 Å². The van der Waals surface area contributed by atoms with Crippen molar-refractivity contribution in [1.29, 1.82) is 0 Å². The van der Waals surface area contributed by atoms with Gasteiger partial charge in [-0.15, -0.1) is 0 Å². The minimum atomic E-state index is -4.39. The van der Waals surface area contributed by atoms with Crippen molar-refractivity contribution in [2.75, 3.05) is 22.9 Å². The standard InChI is InChI=1S/C21H20F2N4O.C17H16ClF3N4.C2H6/c1-12-13(2)25-14(3)26-21(12)27-7-6-19-15(11-27)8-17(10-24-19)28-20-9-16(22)4-5-18(20)23;18-16-23-14-4-2-1-3-12(14)15(24-16)25-6-5-13-10(9-25)7-11(8-22-13)17(19,20)21;1-2/h4-5,8-10H,6-7,11H2,1-3H3;7-8H,1-6,9H2;1-2H3. The molecule has 9 nitrogen and oxygen atoms in total. The molecule has 0 N–H and O–H groups in total. The van der Waals surface area contributed by atoms with Crippen molar-refractivity contribution >= 4 is 23.2 Å². The van der Waals surface area contributed by atoms with Gasteiger partial charge in [-0.1, -0.05) is 13.8 Å². The van der Waals surface area contributed by atoms with Gasteiger partial charge in [-0.3, -0.25) is 9.97 Å². The predicted molar refractivity (Wildman–Crippen MR) is 201 cm³/mol. The number of anilines is 2. The van der Waals surface area contributed by atoms with Gasteiger partial charge in [0.1, 0.15) is 29.0 Å². The molecule has 1 aliphatic carbocycles. The number of aromatic nitrogens is 6. The Morgan fingerprint density at radius 2 is 1.38 bits per heavy atom. The second-order valence-electron chi connectivity index (χ2n) is 13.4. The van der Waals surface area contributed by atoms with Gasteiger partial charge in [0.15, 0.2) is 11.6 Å². The SMILES string of the molecule is CC.Cc1nc(C)c(C)c(N2CCc3ncc(Oc4cc(F)ccc4F)cc3C2)n1.FC(F)(F)c1cnc2c(c1)CN(c1nc(Cl)nc3c1CCCC3)CC2. The molecule has 3 aliphatic rings. The third-order valence-electron chi connectivity index (χ3n) is 9.71. The zero-order valence-corrected chi connectivity index (χ0v) is 32.1. The van der Waals surface area contributed by atoms with E-state index in [1.165, 1.54) is 6.07 Å². The molecule has 6 heterocycles. The van der Waals surface area contributed by atoms with E-state index in [0.717, 1.165) is 120 Å². The highest BCUT2D eigenvalue weighted by atomic mass is 35.5. The van der Waals surface area contributed by atoms with Crippen molar-refractivity contribution in [3.63, 3.8) is 0 Å². The molecule has 0 saturated carbocycles. The van der Waals surface area contributed by atoms with Gasteiger partial charge in [0.25, 0.3) is 0 Å². The first-order chi connectivity index (χ1) is 26.3. The normalized spacial score (nSPS) is 14.7. The van der Waals surface area contributed by atoms with E-state index in [-0.39, 0.29) is 11.0 Å². The number of ether oxygens (including phenoxy) is 1. The fourth-order valence-electron chi connectivity index (χ4n) is 6.95. The van der Waals surface area contributed by atoms with Crippen molar-refractivity contribution in [2.24, 2.45) is 0 Å². The number of hydrogen-bond donors (Lipinski definition) is 0. The monoisotopic (exact) mass is 780 g/mol. The Morgan fingerprint density at radius 1 is 0.727 bits per heavy atom. The van der Waals surface area contributed by atoms with Crippen LogP contribution in [0.4, 0.5) is 33.6 Å². The summed E-state index contributed by atoms with van der Waals surface area (Å²) in [6.45, 7) is 12.3. The zero-order chi connectivity index (χ0) is 39.4.